The Kier molecular flexibility index (Phi) is 3.83. The molecule has 0 amide bonds. The van der Waals surface area contributed by atoms with E-state index in [2.05, 4.69) is 10.1 Å². The molecule has 21 heavy (non-hydrogen) atoms. The number of aromatic hydroxyl groups is 1. The fourth-order valence-electron chi connectivity index (χ4n) is 2.46. The van der Waals surface area contributed by atoms with E-state index in [9.17, 15) is 13.9 Å². The zero-order valence-corrected chi connectivity index (χ0v) is 11.2. The van der Waals surface area contributed by atoms with Crippen molar-refractivity contribution in [1.29, 1.82) is 0 Å². The summed E-state index contributed by atoms with van der Waals surface area (Å²) in [5.41, 5.74) is 0.411. The van der Waals surface area contributed by atoms with Gasteiger partial charge in [-0.1, -0.05) is 0 Å². The predicted molar refractivity (Wildman–Crippen MR) is 70.9 cm³/mol. The maximum atomic E-state index is 13.2. The number of halogens is 2. The average Bonchev–Trinajstić information content (AvgIpc) is 2.94. The molecule has 0 bridgehead atoms. The standard InChI is InChI=1S/C14H15F2N3O2/c15-14(16)10-8-18-19(12-3-1-2-6-21-12)13(10)11-5-4-9(20)7-17-11/h4-5,7-8,12,14,20H,1-3,6H2. The Morgan fingerprint density at radius 3 is 2.76 bits per heavy atom. The van der Waals surface area contributed by atoms with Gasteiger partial charge in [0.1, 0.15) is 5.75 Å². The SMILES string of the molecule is Oc1ccc(-c2c(C(F)F)cnn2C2CCCCO2)nc1. The highest BCUT2D eigenvalue weighted by Crippen LogP contribution is 2.34. The summed E-state index contributed by atoms with van der Waals surface area (Å²) < 4.78 is 33.5. The Hall–Kier alpha value is -2.02. The molecule has 0 saturated carbocycles. The van der Waals surface area contributed by atoms with Crippen LogP contribution in [0.5, 0.6) is 5.75 Å². The normalized spacial score (nSPS) is 19.1. The highest BCUT2D eigenvalue weighted by atomic mass is 19.3. The number of nitrogens with zero attached hydrogens (tertiary/aromatic N) is 3. The minimum atomic E-state index is -2.65. The van der Waals surface area contributed by atoms with Crippen molar-refractivity contribution < 1.29 is 18.6 Å². The van der Waals surface area contributed by atoms with Crippen molar-refractivity contribution in [1.82, 2.24) is 14.8 Å². The van der Waals surface area contributed by atoms with Crippen LogP contribution in [0.1, 0.15) is 37.5 Å². The van der Waals surface area contributed by atoms with Gasteiger partial charge in [-0.25, -0.2) is 13.5 Å². The molecule has 5 nitrogen and oxygen atoms in total. The van der Waals surface area contributed by atoms with E-state index in [-0.39, 0.29) is 23.2 Å². The maximum absolute atomic E-state index is 13.2. The molecule has 2 aromatic heterocycles. The van der Waals surface area contributed by atoms with E-state index in [1.54, 1.807) is 0 Å². The van der Waals surface area contributed by atoms with Gasteiger partial charge in [0.15, 0.2) is 6.23 Å². The molecule has 7 heteroatoms. The summed E-state index contributed by atoms with van der Waals surface area (Å²) >= 11 is 0. The van der Waals surface area contributed by atoms with Crippen molar-refractivity contribution in [3.8, 4) is 17.1 Å². The van der Waals surface area contributed by atoms with Crippen LogP contribution in [0.4, 0.5) is 8.78 Å². The van der Waals surface area contributed by atoms with Gasteiger partial charge in [-0.15, -0.1) is 0 Å². The van der Waals surface area contributed by atoms with Crippen molar-refractivity contribution in [3.63, 3.8) is 0 Å². The lowest BCUT2D eigenvalue weighted by atomic mass is 10.1. The van der Waals surface area contributed by atoms with Gasteiger partial charge in [0.05, 0.1) is 29.3 Å². The molecule has 1 fully saturated rings. The Bertz CT molecular complexity index is 607. The Balaban J connectivity index is 2.06. The number of rotatable bonds is 3. The molecule has 0 aromatic carbocycles. The fourth-order valence-corrected chi connectivity index (χ4v) is 2.46. The van der Waals surface area contributed by atoms with E-state index >= 15 is 0 Å². The first-order chi connectivity index (χ1) is 10.2. The minimum Gasteiger partial charge on any atom is -0.506 e. The molecule has 112 valence electrons. The van der Waals surface area contributed by atoms with E-state index in [1.165, 1.54) is 23.0 Å². The van der Waals surface area contributed by atoms with E-state index in [0.717, 1.165) is 25.5 Å². The summed E-state index contributed by atoms with van der Waals surface area (Å²) in [6.45, 7) is 0.594. The Morgan fingerprint density at radius 2 is 2.14 bits per heavy atom. The van der Waals surface area contributed by atoms with Gasteiger partial charge in [0.25, 0.3) is 6.43 Å². The summed E-state index contributed by atoms with van der Waals surface area (Å²) in [5, 5.41) is 13.4. The molecule has 0 spiro atoms. The summed E-state index contributed by atoms with van der Waals surface area (Å²) in [5.74, 6) is -0.0164. The van der Waals surface area contributed by atoms with E-state index < -0.39 is 6.43 Å². The first-order valence-electron chi connectivity index (χ1n) is 6.79. The van der Waals surface area contributed by atoms with Crippen molar-refractivity contribution in [2.45, 2.75) is 31.9 Å². The Labute approximate surface area is 120 Å². The van der Waals surface area contributed by atoms with Crippen LogP contribution in [0.25, 0.3) is 11.4 Å². The molecule has 0 radical (unpaired) electrons. The predicted octanol–water partition coefficient (Wildman–Crippen LogP) is 3.29. The van der Waals surface area contributed by atoms with Gasteiger partial charge in [-0.05, 0) is 31.4 Å². The molecular formula is C14H15F2N3O2. The van der Waals surface area contributed by atoms with Crippen LogP contribution in [0.3, 0.4) is 0 Å². The molecule has 1 unspecified atom stereocenters. The van der Waals surface area contributed by atoms with Crippen molar-refractivity contribution in [2.75, 3.05) is 6.61 Å². The van der Waals surface area contributed by atoms with Crippen LogP contribution in [-0.4, -0.2) is 26.5 Å². The quantitative estimate of drug-likeness (QED) is 0.944. The van der Waals surface area contributed by atoms with Crippen LogP contribution in [0.15, 0.2) is 24.5 Å². The first-order valence-corrected chi connectivity index (χ1v) is 6.79. The molecule has 1 atom stereocenters. The second kappa shape index (κ2) is 5.77. The number of alkyl halides is 2. The van der Waals surface area contributed by atoms with Crippen LogP contribution in [0.2, 0.25) is 0 Å². The van der Waals surface area contributed by atoms with Crippen LogP contribution < -0.4 is 0 Å². The monoisotopic (exact) mass is 295 g/mol. The molecular weight excluding hydrogens is 280 g/mol. The number of pyridine rings is 1. The summed E-state index contributed by atoms with van der Waals surface area (Å²) in [7, 11) is 0. The first kappa shape index (κ1) is 13.9. The van der Waals surface area contributed by atoms with Crippen LogP contribution >= 0.6 is 0 Å². The minimum absolute atomic E-state index is 0.0164. The molecule has 3 rings (SSSR count). The van der Waals surface area contributed by atoms with E-state index in [0.29, 0.717) is 12.3 Å². The second-order valence-electron chi connectivity index (χ2n) is 4.92. The molecule has 1 saturated heterocycles. The summed E-state index contributed by atoms with van der Waals surface area (Å²) in [4.78, 5) is 4.02. The molecule has 3 heterocycles. The van der Waals surface area contributed by atoms with Gasteiger partial charge in [0, 0.05) is 6.61 Å². The van der Waals surface area contributed by atoms with Gasteiger partial charge in [-0.2, -0.15) is 5.10 Å². The highest BCUT2D eigenvalue weighted by Gasteiger charge is 2.26. The number of aromatic nitrogens is 3. The second-order valence-corrected chi connectivity index (χ2v) is 4.92. The Morgan fingerprint density at radius 1 is 1.29 bits per heavy atom. The van der Waals surface area contributed by atoms with Crippen LogP contribution in [0, 0.1) is 0 Å². The zero-order chi connectivity index (χ0) is 14.8. The highest BCUT2D eigenvalue weighted by molar-refractivity contribution is 5.60. The van der Waals surface area contributed by atoms with Gasteiger partial charge >= 0.3 is 0 Å². The molecule has 1 aliphatic heterocycles. The third-order valence-electron chi connectivity index (χ3n) is 3.48. The fraction of sp³-hybridized carbons (Fsp3) is 0.429. The van der Waals surface area contributed by atoms with Gasteiger partial charge in [0.2, 0.25) is 0 Å². The molecule has 1 aliphatic rings. The number of hydrogen-bond acceptors (Lipinski definition) is 4. The van der Waals surface area contributed by atoms with E-state index in [1.807, 2.05) is 0 Å². The van der Waals surface area contributed by atoms with Crippen molar-refractivity contribution in [3.05, 3.63) is 30.1 Å². The largest absolute Gasteiger partial charge is 0.506 e. The topological polar surface area (TPSA) is 60.2 Å². The maximum Gasteiger partial charge on any atom is 0.267 e. The third-order valence-corrected chi connectivity index (χ3v) is 3.48. The van der Waals surface area contributed by atoms with Crippen LogP contribution in [-0.2, 0) is 4.74 Å². The summed E-state index contributed by atoms with van der Waals surface area (Å²) in [6.07, 6.45) is 2.05. The lowest BCUT2D eigenvalue weighted by Gasteiger charge is -2.24. The zero-order valence-electron chi connectivity index (χ0n) is 11.2. The van der Waals surface area contributed by atoms with Crippen molar-refractivity contribution >= 4 is 0 Å². The third kappa shape index (κ3) is 2.73. The molecule has 1 N–H and O–H groups in total. The summed E-state index contributed by atoms with van der Waals surface area (Å²) in [6, 6.07) is 2.91. The molecule has 2 aromatic rings. The lowest BCUT2D eigenvalue weighted by Crippen LogP contribution is -2.20. The number of ether oxygens (including phenoxy) is 1. The smallest absolute Gasteiger partial charge is 0.267 e. The van der Waals surface area contributed by atoms with Gasteiger partial charge in [-0.3, -0.25) is 4.98 Å². The average molecular weight is 295 g/mol. The van der Waals surface area contributed by atoms with E-state index in [4.69, 9.17) is 4.74 Å². The lowest BCUT2D eigenvalue weighted by molar-refractivity contribution is -0.0385. The number of hydrogen-bond donors (Lipinski definition) is 1. The molecule has 0 aliphatic carbocycles. The van der Waals surface area contributed by atoms with Gasteiger partial charge < -0.3 is 9.84 Å². The van der Waals surface area contributed by atoms with Crippen molar-refractivity contribution in [2.24, 2.45) is 0 Å².